The summed E-state index contributed by atoms with van der Waals surface area (Å²) in [7, 11) is 0. The van der Waals surface area contributed by atoms with E-state index in [2.05, 4.69) is 24.1 Å². The number of para-hydroxylation sites is 1. The van der Waals surface area contributed by atoms with Gasteiger partial charge < -0.3 is 19.9 Å². The molecule has 6 rings (SSSR count). The molecule has 2 N–H and O–H groups in total. The van der Waals surface area contributed by atoms with Gasteiger partial charge in [-0.15, -0.1) is 0 Å². The van der Waals surface area contributed by atoms with Gasteiger partial charge in [0.15, 0.2) is 0 Å². The number of anilines is 2. The van der Waals surface area contributed by atoms with Crippen LogP contribution in [0, 0.1) is 18.2 Å². The Kier molecular flexibility index (Phi) is 6.91. The normalized spacial score (nSPS) is 17.6. The van der Waals surface area contributed by atoms with Gasteiger partial charge in [-0.25, -0.2) is 9.37 Å². The van der Waals surface area contributed by atoms with Crippen molar-refractivity contribution < 1.29 is 23.8 Å². The Morgan fingerprint density at radius 2 is 2.05 bits per heavy atom. The number of halogens is 1. The number of aromatic nitrogens is 1. The van der Waals surface area contributed by atoms with Crippen LogP contribution >= 0.6 is 11.3 Å². The molecule has 1 unspecified atom stereocenters. The topological polar surface area (TPSA) is 83.9 Å². The van der Waals surface area contributed by atoms with Gasteiger partial charge in [0.05, 0.1) is 18.0 Å². The molecule has 210 valence electrons. The Labute approximate surface area is 241 Å². The highest BCUT2D eigenvalue weighted by Gasteiger charge is 2.43. The summed E-state index contributed by atoms with van der Waals surface area (Å²) in [4.78, 5) is 20.2. The number of carbonyl (C=O) groups excluding carboxylic acids is 1. The molecule has 0 spiro atoms. The van der Waals surface area contributed by atoms with Crippen LogP contribution in [0.3, 0.4) is 0 Å². The number of ether oxygens (including phenoxy) is 2. The first kappa shape index (κ1) is 26.8. The zero-order chi connectivity index (χ0) is 28.7. The summed E-state index contributed by atoms with van der Waals surface area (Å²) in [6.07, 6.45) is 0.570. The number of carbonyl (C=O) groups is 1. The molecule has 0 aliphatic carbocycles. The molecule has 0 saturated carbocycles. The first-order valence-electron chi connectivity index (χ1n) is 13.4. The Balaban J connectivity index is 1.51. The highest BCUT2D eigenvalue weighted by atomic mass is 32.1. The van der Waals surface area contributed by atoms with E-state index in [1.165, 1.54) is 11.0 Å². The number of phenolic OH excluding ortho intramolecular Hbond substituents is 1. The molecule has 0 saturated heterocycles. The molecule has 4 heterocycles. The van der Waals surface area contributed by atoms with Crippen LogP contribution < -0.4 is 15.0 Å². The van der Waals surface area contributed by atoms with E-state index in [0.29, 0.717) is 53.9 Å². The van der Waals surface area contributed by atoms with Crippen molar-refractivity contribution in [3.63, 3.8) is 0 Å². The quantitative estimate of drug-likeness (QED) is 0.244. The molecule has 2 aliphatic rings. The second-order valence-electron chi connectivity index (χ2n) is 11.1. The molecular weight excluding hydrogens is 541 g/mol. The number of rotatable bonds is 5. The van der Waals surface area contributed by atoms with Crippen LogP contribution in [0.25, 0.3) is 0 Å². The predicted octanol–water partition coefficient (Wildman–Crippen LogP) is 7.35. The van der Waals surface area contributed by atoms with Crippen molar-refractivity contribution in [3.05, 3.63) is 111 Å². The minimum absolute atomic E-state index is 0.0361. The number of fused-ring (bicyclic) bond motifs is 1. The van der Waals surface area contributed by atoms with Gasteiger partial charge in [0.2, 0.25) is 0 Å². The first-order chi connectivity index (χ1) is 19.7. The average molecular weight is 572 g/mol. The number of aromatic hydroxyl groups is 1. The van der Waals surface area contributed by atoms with Crippen LogP contribution in [-0.4, -0.2) is 22.6 Å². The maximum atomic E-state index is 16.1. The number of hydrogen-bond donors (Lipinski definition) is 2. The van der Waals surface area contributed by atoms with Gasteiger partial charge in [0.1, 0.15) is 47.1 Å². The number of aryl methyl sites for hydroxylation is 1. The molecule has 9 heteroatoms. The van der Waals surface area contributed by atoms with Crippen molar-refractivity contribution in [2.45, 2.75) is 39.8 Å². The van der Waals surface area contributed by atoms with E-state index in [1.54, 1.807) is 66.8 Å². The molecule has 0 fully saturated rings. The van der Waals surface area contributed by atoms with E-state index < -0.39 is 17.8 Å². The van der Waals surface area contributed by atoms with E-state index in [1.807, 2.05) is 16.8 Å². The van der Waals surface area contributed by atoms with Crippen LogP contribution in [0.2, 0.25) is 0 Å². The van der Waals surface area contributed by atoms with Crippen LogP contribution in [0.4, 0.5) is 15.8 Å². The maximum Gasteiger partial charge on any atom is 0.277 e. The molecule has 2 aromatic carbocycles. The standard InChI is InChI=1S/C32H30FN3O4S/c1-19-6-4-7-24(34-19)31(38)36-26-8-5-9-27(37)28(26)35-25-15-32(2,3)18-40-30(25)29(36)22-11-10-21(14-23(22)33)39-16-20-12-13-41-17-20/h4-14,17,29,35,37H,15-16,18H2,1-3H3. The van der Waals surface area contributed by atoms with E-state index in [0.717, 1.165) is 5.56 Å². The predicted molar refractivity (Wildman–Crippen MR) is 157 cm³/mol. The van der Waals surface area contributed by atoms with Crippen molar-refractivity contribution >= 4 is 28.6 Å². The van der Waals surface area contributed by atoms with Crippen LogP contribution in [0.1, 0.15) is 53.6 Å². The monoisotopic (exact) mass is 571 g/mol. The SMILES string of the molecule is Cc1cccc(C(=O)N2c3cccc(O)c3NC3=C(OCC(C)(C)C3)C2c2ccc(OCc3ccsc3)cc2F)n1. The van der Waals surface area contributed by atoms with Gasteiger partial charge in [-0.05, 0) is 72.1 Å². The van der Waals surface area contributed by atoms with Gasteiger partial charge >= 0.3 is 0 Å². The van der Waals surface area contributed by atoms with Crippen LogP contribution in [0.15, 0.2) is 82.9 Å². The second kappa shape index (κ2) is 10.6. The minimum Gasteiger partial charge on any atom is -0.506 e. The van der Waals surface area contributed by atoms with Crippen molar-refractivity contribution in [1.29, 1.82) is 0 Å². The summed E-state index contributed by atoms with van der Waals surface area (Å²) in [6.45, 7) is 6.65. The molecule has 4 aromatic rings. The molecule has 0 bridgehead atoms. The zero-order valence-corrected chi connectivity index (χ0v) is 23.8. The van der Waals surface area contributed by atoms with E-state index >= 15 is 4.39 Å². The third-order valence-corrected chi connectivity index (χ3v) is 7.94. The number of amides is 1. The van der Waals surface area contributed by atoms with Crippen molar-refractivity contribution in [2.24, 2.45) is 5.41 Å². The summed E-state index contributed by atoms with van der Waals surface area (Å²) in [5, 5.41) is 18.2. The van der Waals surface area contributed by atoms with Gasteiger partial charge in [0, 0.05) is 22.7 Å². The third-order valence-electron chi connectivity index (χ3n) is 7.21. The largest absolute Gasteiger partial charge is 0.506 e. The second-order valence-corrected chi connectivity index (χ2v) is 11.9. The third kappa shape index (κ3) is 5.25. The lowest BCUT2D eigenvalue weighted by Crippen LogP contribution is -2.39. The van der Waals surface area contributed by atoms with E-state index in [-0.39, 0.29) is 22.4 Å². The van der Waals surface area contributed by atoms with Crippen LogP contribution in [-0.2, 0) is 11.3 Å². The number of nitrogens with zero attached hydrogens (tertiary/aromatic N) is 2. The lowest BCUT2D eigenvalue weighted by atomic mass is 9.85. The molecule has 1 atom stereocenters. The molecule has 1 amide bonds. The number of nitrogens with one attached hydrogen (secondary N) is 1. The van der Waals surface area contributed by atoms with E-state index in [4.69, 9.17) is 9.47 Å². The summed E-state index contributed by atoms with van der Waals surface area (Å²) in [6, 6.07) is 15.8. The number of thiophene rings is 1. The average Bonchev–Trinajstić information content (AvgIpc) is 3.41. The number of benzene rings is 2. The van der Waals surface area contributed by atoms with Gasteiger partial charge in [-0.1, -0.05) is 26.0 Å². The highest BCUT2D eigenvalue weighted by Crippen LogP contribution is 2.50. The van der Waals surface area contributed by atoms with Crippen molar-refractivity contribution in [1.82, 2.24) is 4.98 Å². The first-order valence-corrected chi connectivity index (χ1v) is 14.3. The smallest absolute Gasteiger partial charge is 0.277 e. The summed E-state index contributed by atoms with van der Waals surface area (Å²) < 4.78 is 28.3. The fourth-order valence-corrected chi connectivity index (χ4v) is 5.90. The number of phenols is 1. The zero-order valence-electron chi connectivity index (χ0n) is 23.0. The Morgan fingerprint density at radius 3 is 2.80 bits per heavy atom. The Bertz CT molecular complexity index is 1650. The van der Waals surface area contributed by atoms with Crippen molar-refractivity contribution in [3.8, 4) is 11.5 Å². The molecule has 2 aliphatic heterocycles. The lowest BCUT2D eigenvalue weighted by Gasteiger charge is -2.38. The highest BCUT2D eigenvalue weighted by molar-refractivity contribution is 7.07. The Hall–Kier alpha value is -4.37. The number of hydrogen-bond acceptors (Lipinski definition) is 7. The fraction of sp³-hybridized carbons (Fsp3) is 0.250. The molecule has 7 nitrogen and oxygen atoms in total. The molecule has 41 heavy (non-hydrogen) atoms. The van der Waals surface area contributed by atoms with Gasteiger partial charge in [-0.3, -0.25) is 9.69 Å². The molecule has 2 aromatic heterocycles. The summed E-state index contributed by atoms with van der Waals surface area (Å²) in [5.74, 6) is -0.235. The Morgan fingerprint density at radius 1 is 1.22 bits per heavy atom. The van der Waals surface area contributed by atoms with Crippen molar-refractivity contribution in [2.75, 3.05) is 16.8 Å². The maximum absolute atomic E-state index is 16.1. The molecular formula is C32H30FN3O4S. The lowest BCUT2D eigenvalue weighted by molar-refractivity contribution is 0.0756. The summed E-state index contributed by atoms with van der Waals surface area (Å²) >= 11 is 1.57. The number of allylic oxidation sites excluding steroid dienone is 1. The van der Waals surface area contributed by atoms with Gasteiger partial charge in [-0.2, -0.15) is 11.3 Å². The summed E-state index contributed by atoms with van der Waals surface area (Å²) in [5.41, 5.74) is 3.29. The fourth-order valence-electron chi connectivity index (χ4n) is 5.24. The van der Waals surface area contributed by atoms with Gasteiger partial charge in [0.25, 0.3) is 5.91 Å². The number of pyridine rings is 1. The minimum atomic E-state index is -0.975. The van der Waals surface area contributed by atoms with E-state index in [9.17, 15) is 9.90 Å². The molecule has 0 radical (unpaired) electrons. The van der Waals surface area contributed by atoms with Crippen LogP contribution in [0.5, 0.6) is 11.5 Å².